The number of thiophene rings is 1. The molecule has 118 valence electrons. The van der Waals surface area contributed by atoms with Crippen LogP contribution >= 0.6 is 22.9 Å². The summed E-state index contributed by atoms with van der Waals surface area (Å²) in [6.45, 7) is 1.84. The van der Waals surface area contributed by atoms with Gasteiger partial charge in [0, 0.05) is 18.5 Å². The van der Waals surface area contributed by atoms with E-state index in [1.165, 1.54) is 16.0 Å². The third kappa shape index (κ3) is 2.71. The van der Waals surface area contributed by atoms with Crippen LogP contribution in [-0.4, -0.2) is 21.0 Å². The molecule has 3 nitrogen and oxygen atoms in total. The van der Waals surface area contributed by atoms with E-state index in [9.17, 15) is 0 Å². The quantitative estimate of drug-likeness (QED) is 0.707. The summed E-state index contributed by atoms with van der Waals surface area (Å²) in [7, 11) is 1.97. The normalized spacial score (nSPS) is 18.1. The molecule has 0 saturated carbocycles. The summed E-state index contributed by atoms with van der Waals surface area (Å²) in [5.41, 5.74) is 2.78. The minimum absolute atomic E-state index is 0.293. The summed E-state index contributed by atoms with van der Waals surface area (Å²) in [6.07, 6.45) is 2.84. The number of rotatable bonds is 3. The number of hydrogen-bond donors (Lipinski definition) is 0. The first-order chi connectivity index (χ1) is 11.2. The van der Waals surface area contributed by atoms with Gasteiger partial charge >= 0.3 is 0 Å². The van der Waals surface area contributed by atoms with Crippen LogP contribution in [-0.2, 0) is 20.0 Å². The molecule has 0 aliphatic carbocycles. The van der Waals surface area contributed by atoms with Crippen molar-refractivity contribution in [3.8, 4) is 0 Å². The molecule has 0 spiro atoms. The number of aromatic nitrogens is 2. The fraction of sp³-hybridized carbons (Fsp3) is 0.278. The molecule has 3 heterocycles. The van der Waals surface area contributed by atoms with Gasteiger partial charge < -0.3 is 4.57 Å². The van der Waals surface area contributed by atoms with Gasteiger partial charge in [-0.2, -0.15) is 0 Å². The molecule has 4 rings (SSSR count). The Morgan fingerprint density at radius 3 is 2.83 bits per heavy atom. The first-order valence-electron chi connectivity index (χ1n) is 7.75. The van der Waals surface area contributed by atoms with E-state index in [0.717, 1.165) is 25.3 Å². The molecule has 1 aromatic carbocycles. The monoisotopic (exact) mass is 343 g/mol. The summed E-state index contributed by atoms with van der Waals surface area (Å²) in [6, 6.07) is 13.3. The second-order valence-corrected chi connectivity index (χ2v) is 7.28. The highest BCUT2D eigenvalue weighted by atomic mass is 35.5. The van der Waals surface area contributed by atoms with Gasteiger partial charge in [-0.05, 0) is 29.0 Å². The first-order valence-corrected chi connectivity index (χ1v) is 9.01. The van der Waals surface area contributed by atoms with Crippen LogP contribution in [0.3, 0.4) is 0 Å². The van der Waals surface area contributed by atoms with Gasteiger partial charge in [-0.3, -0.25) is 4.90 Å². The molecule has 1 atom stereocenters. The Kier molecular flexibility index (Phi) is 3.97. The standard InChI is InChI=1S/C18H18ClN3S/c1-21-16(19)11-20-17(21)12-22-9-7-15-14(8-10-23-15)18(22)13-5-3-2-4-6-13/h2-6,8,10-11,18H,7,9,12H2,1H3. The summed E-state index contributed by atoms with van der Waals surface area (Å²) in [5, 5.41) is 2.89. The number of benzene rings is 1. The maximum atomic E-state index is 6.15. The van der Waals surface area contributed by atoms with Crippen molar-refractivity contribution in [1.29, 1.82) is 0 Å². The van der Waals surface area contributed by atoms with Gasteiger partial charge in [-0.25, -0.2) is 4.98 Å². The lowest BCUT2D eigenvalue weighted by molar-refractivity contribution is 0.199. The Hall–Kier alpha value is -1.62. The third-order valence-electron chi connectivity index (χ3n) is 4.55. The smallest absolute Gasteiger partial charge is 0.128 e. The van der Waals surface area contributed by atoms with Crippen LogP contribution in [0.5, 0.6) is 0 Å². The van der Waals surface area contributed by atoms with Crippen LogP contribution in [0.1, 0.15) is 27.9 Å². The van der Waals surface area contributed by atoms with E-state index in [2.05, 4.69) is 51.7 Å². The van der Waals surface area contributed by atoms with Crippen molar-refractivity contribution in [3.63, 3.8) is 0 Å². The highest BCUT2D eigenvalue weighted by Gasteiger charge is 2.30. The van der Waals surface area contributed by atoms with Crippen LogP contribution in [0.4, 0.5) is 0 Å². The van der Waals surface area contributed by atoms with Crippen LogP contribution in [0.2, 0.25) is 5.15 Å². The second kappa shape index (κ2) is 6.11. The molecular weight excluding hydrogens is 326 g/mol. The second-order valence-electron chi connectivity index (χ2n) is 5.89. The summed E-state index contributed by atoms with van der Waals surface area (Å²) < 4.78 is 1.97. The first kappa shape index (κ1) is 14.9. The lowest BCUT2D eigenvalue weighted by Crippen LogP contribution is -2.35. The van der Waals surface area contributed by atoms with Crippen molar-refractivity contribution in [3.05, 3.63) is 75.0 Å². The van der Waals surface area contributed by atoms with E-state index in [1.807, 2.05) is 23.0 Å². The minimum atomic E-state index is 0.293. The van der Waals surface area contributed by atoms with E-state index in [1.54, 1.807) is 6.20 Å². The Bertz CT molecular complexity index is 809. The maximum absolute atomic E-state index is 6.15. The highest BCUT2D eigenvalue weighted by molar-refractivity contribution is 7.10. The van der Waals surface area contributed by atoms with Crippen LogP contribution < -0.4 is 0 Å². The molecule has 0 amide bonds. The predicted molar refractivity (Wildman–Crippen MR) is 94.9 cm³/mol. The number of hydrogen-bond acceptors (Lipinski definition) is 3. The summed E-state index contributed by atoms with van der Waals surface area (Å²) in [5.74, 6) is 1.01. The molecule has 0 radical (unpaired) electrons. The van der Waals surface area contributed by atoms with Crippen molar-refractivity contribution in [2.45, 2.75) is 19.0 Å². The predicted octanol–water partition coefficient (Wildman–Crippen LogP) is 4.28. The Balaban J connectivity index is 1.72. The van der Waals surface area contributed by atoms with E-state index in [-0.39, 0.29) is 0 Å². The summed E-state index contributed by atoms with van der Waals surface area (Å²) >= 11 is 8.02. The Labute approximate surface area is 145 Å². The van der Waals surface area contributed by atoms with Gasteiger partial charge in [0.25, 0.3) is 0 Å². The van der Waals surface area contributed by atoms with E-state index in [0.29, 0.717) is 11.2 Å². The van der Waals surface area contributed by atoms with Crippen LogP contribution in [0.15, 0.2) is 48.0 Å². The van der Waals surface area contributed by atoms with Gasteiger partial charge in [-0.15, -0.1) is 11.3 Å². The van der Waals surface area contributed by atoms with Crippen LogP contribution in [0.25, 0.3) is 0 Å². The number of halogens is 1. The Morgan fingerprint density at radius 2 is 2.09 bits per heavy atom. The van der Waals surface area contributed by atoms with Crippen molar-refractivity contribution < 1.29 is 0 Å². The average molecular weight is 344 g/mol. The Morgan fingerprint density at radius 1 is 1.26 bits per heavy atom. The molecule has 5 heteroatoms. The zero-order valence-electron chi connectivity index (χ0n) is 12.9. The summed E-state index contributed by atoms with van der Waals surface area (Å²) in [4.78, 5) is 8.48. The molecular formula is C18H18ClN3S. The zero-order chi connectivity index (χ0) is 15.8. The molecule has 2 aromatic heterocycles. The van der Waals surface area contributed by atoms with E-state index in [4.69, 9.17) is 11.6 Å². The highest BCUT2D eigenvalue weighted by Crippen LogP contribution is 2.38. The SMILES string of the molecule is Cn1c(Cl)cnc1CN1CCc2sccc2C1c1ccccc1. The van der Waals surface area contributed by atoms with Crippen molar-refractivity contribution in [2.75, 3.05) is 6.54 Å². The van der Waals surface area contributed by atoms with Crippen LogP contribution in [0, 0.1) is 0 Å². The van der Waals surface area contributed by atoms with Crippen molar-refractivity contribution in [2.24, 2.45) is 7.05 Å². The van der Waals surface area contributed by atoms with Crippen molar-refractivity contribution >= 4 is 22.9 Å². The van der Waals surface area contributed by atoms with Gasteiger partial charge in [-0.1, -0.05) is 41.9 Å². The zero-order valence-corrected chi connectivity index (χ0v) is 14.5. The molecule has 3 aromatic rings. The van der Waals surface area contributed by atoms with E-state index < -0.39 is 0 Å². The third-order valence-corrected chi connectivity index (χ3v) is 5.90. The van der Waals surface area contributed by atoms with Crippen molar-refractivity contribution in [1.82, 2.24) is 14.5 Å². The molecule has 1 aliphatic heterocycles. The lowest BCUT2D eigenvalue weighted by Gasteiger charge is -2.36. The maximum Gasteiger partial charge on any atom is 0.128 e. The molecule has 0 fully saturated rings. The fourth-order valence-corrected chi connectivity index (χ4v) is 4.37. The number of nitrogens with zero attached hydrogens (tertiary/aromatic N) is 3. The fourth-order valence-electron chi connectivity index (χ4n) is 3.32. The van der Waals surface area contributed by atoms with Gasteiger partial charge in [0.1, 0.15) is 11.0 Å². The molecule has 0 bridgehead atoms. The number of fused-ring (bicyclic) bond motifs is 1. The van der Waals surface area contributed by atoms with Gasteiger partial charge in [0.2, 0.25) is 0 Å². The van der Waals surface area contributed by atoms with Gasteiger partial charge in [0.05, 0.1) is 18.8 Å². The van der Waals surface area contributed by atoms with Gasteiger partial charge in [0.15, 0.2) is 0 Å². The molecule has 1 aliphatic rings. The molecule has 0 saturated heterocycles. The molecule has 1 unspecified atom stereocenters. The largest absolute Gasteiger partial charge is 0.321 e. The average Bonchev–Trinajstić information content (AvgIpc) is 3.17. The molecule has 0 N–H and O–H groups in total. The van der Waals surface area contributed by atoms with E-state index >= 15 is 0 Å². The topological polar surface area (TPSA) is 21.1 Å². The number of imidazole rings is 1. The molecule has 23 heavy (non-hydrogen) atoms. The minimum Gasteiger partial charge on any atom is -0.321 e. The lowest BCUT2D eigenvalue weighted by atomic mass is 9.93.